The molecule has 0 heterocycles. The largest absolute Gasteiger partial charge is 0.462 e. The van der Waals surface area contributed by atoms with Crippen molar-refractivity contribution in [3.63, 3.8) is 0 Å². The molecule has 0 fully saturated rings. The summed E-state index contributed by atoms with van der Waals surface area (Å²) in [5, 5.41) is 3.38. The summed E-state index contributed by atoms with van der Waals surface area (Å²) in [5.74, 6) is -0.200. The zero-order valence-corrected chi connectivity index (χ0v) is 13.4. The Morgan fingerprint density at radius 1 is 1.32 bits per heavy atom. The van der Waals surface area contributed by atoms with Crippen LogP contribution in [0.1, 0.15) is 40.5 Å². The van der Waals surface area contributed by atoms with Crippen molar-refractivity contribution in [1.82, 2.24) is 10.2 Å². The minimum Gasteiger partial charge on any atom is -0.462 e. The number of carbonyl (C=O) groups is 1. The first-order chi connectivity index (χ1) is 8.72. The fourth-order valence-corrected chi connectivity index (χ4v) is 1.48. The molecule has 112 valence electrons. The molecule has 19 heavy (non-hydrogen) atoms. The van der Waals surface area contributed by atoms with E-state index in [0.29, 0.717) is 12.2 Å². The molecule has 0 atom stereocenters. The van der Waals surface area contributed by atoms with Gasteiger partial charge in [-0.2, -0.15) is 0 Å². The van der Waals surface area contributed by atoms with Crippen molar-refractivity contribution < 1.29 is 9.53 Å². The summed E-state index contributed by atoms with van der Waals surface area (Å²) >= 11 is 0. The predicted octanol–water partition coefficient (Wildman–Crippen LogP) is 2.21. The highest BCUT2D eigenvalue weighted by molar-refractivity contribution is 5.87. The van der Waals surface area contributed by atoms with Crippen LogP contribution in [0.5, 0.6) is 0 Å². The number of esters is 1. The van der Waals surface area contributed by atoms with E-state index in [2.05, 4.69) is 31.0 Å². The van der Waals surface area contributed by atoms with Crippen LogP contribution in [0, 0.1) is 0 Å². The lowest BCUT2D eigenvalue weighted by Crippen LogP contribution is -2.36. The Hall–Kier alpha value is -0.870. The van der Waals surface area contributed by atoms with Crippen LogP contribution in [0.4, 0.5) is 0 Å². The molecule has 0 aliphatic heterocycles. The van der Waals surface area contributed by atoms with Crippen molar-refractivity contribution >= 4 is 5.97 Å². The fraction of sp³-hybridized carbons (Fsp3) is 0.800. The monoisotopic (exact) mass is 270 g/mol. The van der Waals surface area contributed by atoms with E-state index in [4.69, 9.17) is 4.74 Å². The molecule has 0 rings (SSSR count). The molecule has 0 aliphatic rings. The van der Waals surface area contributed by atoms with Crippen molar-refractivity contribution in [2.24, 2.45) is 0 Å². The number of nitrogens with zero attached hydrogens (tertiary/aromatic N) is 1. The second-order valence-electron chi connectivity index (χ2n) is 6.15. The van der Waals surface area contributed by atoms with Gasteiger partial charge in [-0.05, 0) is 61.2 Å². The first-order valence-corrected chi connectivity index (χ1v) is 6.96. The lowest BCUT2D eigenvalue weighted by atomic mass is 10.1. The van der Waals surface area contributed by atoms with Crippen LogP contribution < -0.4 is 5.32 Å². The van der Waals surface area contributed by atoms with Gasteiger partial charge in [0, 0.05) is 17.7 Å². The van der Waals surface area contributed by atoms with E-state index in [0.717, 1.165) is 25.9 Å². The Bertz CT molecular complexity index is 291. The minimum absolute atomic E-state index is 0.119. The molecule has 4 nitrogen and oxygen atoms in total. The van der Waals surface area contributed by atoms with E-state index >= 15 is 0 Å². The van der Waals surface area contributed by atoms with Crippen molar-refractivity contribution in [3.05, 3.63) is 11.6 Å². The van der Waals surface area contributed by atoms with E-state index in [1.54, 1.807) is 0 Å². The summed E-state index contributed by atoms with van der Waals surface area (Å²) in [7, 11) is 4.02. The first kappa shape index (κ1) is 18.1. The molecule has 0 aromatic carbocycles. The lowest BCUT2D eigenvalue weighted by molar-refractivity contribution is -0.139. The van der Waals surface area contributed by atoms with E-state index in [1.807, 2.05) is 27.1 Å². The van der Waals surface area contributed by atoms with Crippen LogP contribution in [-0.4, -0.2) is 50.2 Å². The molecule has 0 saturated carbocycles. The fourth-order valence-electron chi connectivity index (χ4n) is 1.48. The molecule has 0 aromatic rings. The highest BCUT2D eigenvalue weighted by atomic mass is 16.5. The van der Waals surface area contributed by atoms with Gasteiger partial charge in [-0.15, -0.1) is 0 Å². The van der Waals surface area contributed by atoms with E-state index in [1.165, 1.54) is 0 Å². The molecule has 4 heteroatoms. The van der Waals surface area contributed by atoms with Crippen LogP contribution in [0.25, 0.3) is 0 Å². The van der Waals surface area contributed by atoms with E-state index < -0.39 is 0 Å². The third-order valence-corrected chi connectivity index (χ3v) is 2.55. The topological polar surface area (TPSA) is 41.6 Å². The van der Waals surface area contributed by atoms with Gasteiger partial charge >= 0.3 is 5.97 Å². The van der Waals surface area contributed by atoms with Crippen LogP contribution in [-0.2, 0) is 9.53 Å². The standard InChI is InChI=1S/C15H30N2O2/c1-13(9-7-10-16-15(2,3)4)14(18)19-12-8-11-17(5)6/h9,16H,7-8,10-12H2,1-6H3. The smallest absolute Gasteiger partial charge is 0.333 e. The van der Waals surface area contributed by atoms with Crippen molar-refractivity contribution in [3.8, 4) is 0 Å². The minimum atomic E-state index is -0.200. The van der Waals surface area contributed by atoms with E-state index in [9.17, 15) is 4.79 Å². The predicted molar refractivity (Wildman–Crippen MR) is 80.3 cm³/mol. The quantitative estimate of drug-likeness (QED) is 0.417. The summed E-state index contributed by atoms with van der Waals surface area (Å²) in [4.78, 5) is 13.7. The van der Waals surface area contributed by atoms with Gasteiger partial charge in [0.1, 0.15) is 0 Å². The van der Waals surface area contributed by atoms with Crippen molar-refractivity contribution in [1.29, 1.82) is 0 Å². The second-order valence-corrected chi connectivity index (χ2v) is 6.15. The molecule has 1 N–H and O–H groups in total. The van der Waals surface area contributed by atoms with Gasteiger partial charge in [-0.25, -0.2) is 4.79 Å². The molecular formula is C15H30N2O2. The molecule has 0 bridgehead atoms. The Balaban J connectivity index is 3.79. The van der Waals surface area contributed by atoms with Gasteiger partial charge in [0.25, 0.3) is 0 Å². The summed E-state index contributed by atoms with van der Waals surface area (Å²) in [5.41, 5.74) is 0.814. The number of rotatable bonds is 8. The van der Waals surface area contributed by atoms with Gasteiger partial charge in [0.05, 0.1) is 6.61 Å². The number of hydrogen-bond acceptors (Lipinski definition) is 4. The van der Waals surface area contributed by atoms with Crippen LogP contribution in [0.2, 0.25) is 0 Å². The maximum atomic E-state index is 11.7. The Kier molecular flexibility index (Phi) is 8.68. The van der Waals surface area contributed by atoms with Crippen LogP contribution >= 0.6 is 0 Å². The van der Waals surface area contributed by atoms with Gasteiger partial charge in [-0.3, -0.25) is 0 Å². The second kappa shape index (κ2) is 9.10. The van der Waals surface area contributed by atoms with E-state index in [-0.39, 0.29) is 11.5 Å². The number of hydrogen-bond donors (Lipinski definition) is 1. The van der Waals surface area contributed by atoms with Crippen LogP contribution in [0.3, 0.4) is 0 Å². The number of ether oxygens (including phenoxy) is 1. The maximum Gasteiger partial charge on any atom is 0.333 e. The number of carbonyl (C=O) groups excluding carboxylic acids is 1. The Morgan fingerprint density at radius 2 is 1.95 bits per heavy atom. The average molecular weight is 270 g/mol. The lowest BCUT2D eigenvalue weighted by Gasteiger charge is -2.19. The molecule has 0 saturated heterocycles. The van der Waals surface area contributed by atoms with Crippen LogP contribution in [0.15, 0.2) is 11.6 Å². The summed E-state index contributed by atoms with van der Waals surface area (Å²) in [6.07, 6.45) is 3.65. The number of nitrogens with one attached hydrogen (secondary N) is 1. The summed E-state index contributed by atoms with van der Waals surface area (Å²) in [6, 6.07) is 0. The summed E-state index contributed by atoms with van der Waals surface area (Å²) in [6.45, 7) is 10.5. The van der Waals surface area contributed by atoms with Gasteiger partial charge < -0.3 is 15.0 Å². The highest BCUT2D eigenvalue weighted by Crippen LogP contribution is 2.02. The van der Waals surface area contributed by atoms with Gasteiger partial charge in [0.15, 0.2) is 0 Å². The molecule has 0 aliphatic carbocycles. The van der Waals surface area contributed by atoms with Crippen molar-refractivity contribution in [2.45, 2.75) is 46.1 Å². The third kappa shape index (κ3) is 11.9. The molecule has 0 spiro atoms. The Morgan fingerprint density at radius 3 is 2.47 bits per heavy atom. The molecular weight excluding hydrogens is 240 g/mol. The van der Waals surface area contributed by atoms with Gasteiger partial charge in [0.2, 0.25) is 0 Å². The van der Waals surface area contributed by atoms with Gasteiger partial charge in [-0.1, -0.05) is 6.08 Å². The maximum absolute atomic E-state index is 11.7. The molecule has 0 amide bonds. The first-order valence-electron chi connectivity index (χ1n) is 6.96. The third-order valence-electron chi connectivity index (χ3n) is 2.55. The molecule has 0 radical (unpaired) electrons. The van der Waals surface area contributed by atoms with Crippen molar-refractivity contribution in [2.75, 3.05) is 33.8 Å². The molecule has 0 aromatic heterocycles. The SMILES string of the molecule is CC(=CCCNC(C)(C)C)C(=O)OCCCN(C)C. The summed E-state index contributed by atoms with van der Waals surface area (Å²) < 4.78 is 5.20. The average Bonchev–Trinajstić information content (AvgIpc) is 2.28. The zero-order valence-electron chi connectivity index (χ0n) is 13.4. The Labute approximate surface area is 118 Å². The highest BCUT2D eigenvalue weighted by Gasteiger charge is 2.08. The normalized spacial score (nSPS) is 12.9. The molecule has 0 unspecified atom stereocenters. The zero-order chi connectivity index (χ0) is 14.9.